The molecule has 1 aliphatic rings. The van der Waals surface area contributed by atoms with Crippen LogP contribution in [0.4, 0.5) is 0 Å². The number of sulfone groups is 1. The number of carbonyl (C=O) groups is 1. The zero-order valence-corrected chi connectivity index (χ0v) is 13.7. The van der Waals surface area contributed by atoms with Gasteiger partial charge in [-0.15, -0.1) is 0 Å². The molecule has 1 aromatic rings. The lowest BCUT2D eigenvalue weighted by Crippen LogP contribution is -2.26. The van der Waals surface area contributed by atoms with Gasteiger partial charge in [-0.05, 0) is 36.8 Å². The highest BCUT2D eigenvalue weighted by Gasteiger charge is 2.27. The Labute approximate surface area is 132 Å². The highest BCUT2D eigenvalue weighted by Crippen LogP contribution is 2.21. The van der Waals surface area contributed by atoms with Crippen LogP contribution in [-0.4, -0.2) is 39.5 Å². The second-order valence-electron chi connectivity index (χ2n) is 5.72. The summed E-state index contributed by atoms with van der Waals surface area (Å²) in [5.74, 6) is 1.54. The van der Waals surface area contributed by atoms with E-state index in [-0.39, 0.29) is 17.6 Å². The minimum atomic E-state index is -2.83. The molecular formula is C16H23NO4S. The molecule has 1 fully saturated rings. The molecule has 0 aliphatic carbocycles. The zero-order valence-electron chi connectivity index (χ0n) is 12.9. The molecule has 1 aromatic carbocycles. The Balaban J connectivity index is 1.68. The minimum absolute atomic E-state index is 0.00763. The Morgan fingerprint density at radius 2 is 2.14 bits per heavy atom. The van der Waals surface area contributed by atoms with Crippen molar-refractivity contribution in [2.45, 2.75) is 25.7 Å². The van der Waals surface area contributed by atoms with Crippen molar-refractivity contribution in [3.8, 4) is 5.75 Å². The van der Waals surface area contributed by atoms with E-state index in [9.17, 15) is 13.2 Å². The van der Waals surface area contributed by atoms with Crippen LogP contribution in [-0.2, 0) is 21.1 Å². The fourth-order valence-corrected chi connectivity index (χ4v) is 4.67. The molecule has 122 valence electrons. The highest BCUT2D eigenvalue weighted by atomic mass is 32.2. The van der Waals surface area contributed by atoms with Gasteiger partial charge in [0.15, 0.2) is 9.84 Å². The molecule has 1 aliphatic heterocycles. The molecule has 0 aromatic heterocycles. The van der Waals surface area contributed by atoms with E-state index in [1.807, 2.05) is 24.3 Å². The van der Waals surface area contributed by atoms with Crippen LogP contribution in [0.1, 0.15) is 24.8 Å². The van der Waals surface area contributed by atoms with Crippen molar-refractivity contribution in [2.24, 2.45) is 5.92 Å². The number of hydrogen-bond acceptors (Lipinski definition) is 4. The monoisotopic (exact) mass is 325 g/mol. The van der Waals surface area contributed by atoms with Crippen molar-refractivity contribution < 1.29 is 17.9 Å². The van der Waals surface area contributed by atoms with E-state index in [0.29, 0.717) is 25.1 Å². The van der Waals surface area contributed by atoms with E-state index in [1.54, 1.807) is 7.11 Å². The summed E-state index contributed by atoms with van der Waals surface area (Å²) in [5, 5.41) is 2.87. The van der Waals surface area contributed by atoms with Crippen LogP contribution in [0.2, 0.25) is 0 Å². The molecule has 0 saturated carbocycles. The van der Waals surface area contributed by atoms with Gasteiger partial charge < -0.3 is 10.1 Å². The number of para-hydroxylation sites is 1. The third kappa shape index (κ3) is 5.02. The van der Waals surface area contributed by atoms with Crippen molar-refractivity contribution in [3.05, 3.63) is 29.8 Å². The number of carbonyl (C=O) groups excluding carboxylic acids is 1. The second-order valence-corrected chi connectivity index (χ2v) is 7.95. The van der Waals surface area contributed by atoms with Gasteiger partial charge >= 0.3 is 0 Å². The Morgan fingerprint density at radius 1 is 1.36 bits per heavy atom. The predicted molar refractivity (Wildman–Crippen MR) is 85.7 cm³/mol. The fourth-order valence-electron chi connectivity index (χ4n) is 2.76. The normalized spacial score (nSPS) is 19.8. The largest absolute Gasteiger partial charge is 0.496 e. The summed E-state index contributed by atoms with van der Waals surface area (Å²) in [4.78, 5) is 11.8. The second kappa shape index (κ2) is 7.63. The van der Waals surface area contributed by atoms with E-state index < -0.39 is 9.84 Å². The van der Waals surface area contributed by atoms with Gasteiger partial charge in [0.2, 0.25) is 5.91 Å². The predicted octanol–water partition coefficient (Wildman–Crippen LogP) is 1.57. The SMILES string of the molecule is COc1ccccc1CCC(=O)NCCC1CCS(=O)(=O)C1. The number of rotatable bonds is 7. The molecule has 0 radical (unpaired) electrons. The van der Waals surface area contributed by atoms with Crippen LogP contribution in [0.25, 0.3) is 0 Å². The van der Waals surface area contributed by atoms with E-state index in [2.05, 4.69) is 5.32 Å². The zero-order chi connectivity index (χ0) is 16.0. The number of methoxy groups -OCH3 is 1. The number of ether oxygens (including phenoxy) is 1. The first-order valence-corrected chi connectivity index (χ1v) is 9.41. The van der Waals surface area contributed by atoms with Crippen LogP contribution >= 0.6 is 0 Å². The maximum absolute atomic E-state index is 11.8. The Bertz CT molecular complexity index is 612. The fraction of sp³-hybridized carbons (Fsp3) is 0.562. The lowest BCUT2D eigenvalue weighted by Gasteiger charge is -2.10. The summed E-state index contributed by atoms with van der Waals surface area (Å²) in [7, 11) is -1.21. The maximum Gasteiger partial charge on any atom is 0.220 e. The van der Waals surface area contributed by atoms with E-state index in [0.717, 1.165) is 24.2 Å². The molecular weight excluding hydrogens is 302 g/mol. The van der Waals surface area contributed by atoms with E-state index >= 15 is 0 Å². The van der Waals surface area contributed by atoms with Gasteiger partial charge in [0.05, 0.1) is 18.6 Å². The first-order valence-electron chi connectivity index (χ1n) is 7.59. The van der Waals surface area contributed by atoms with Crippen LogP contribution in [0.15, 0.2) is 24.3 Å². The molecule has 2 rings (SSSR count). The van der Waals surface area contributed by atoms with Crippen LogP contribution < -0.4 is 10.1 Å². The van der Waals surface area contributed by atoms with Gasteiger partial charge in [0.25, 0.3) is 0 Å². The quantitative estimate of drug-likeness (QED) is 0.826. The smallest absolute Gasteiger partial charge is 0.220 e. The van der Waals surface area contributed by atoms with Gasteiger partial charge in [0.1, 0.15) is 5.75 Å². The van der Waals surface area contributed by atoms with Crippen LogP contribution in [0.5, 0.6) is 5.75 Å². The van der Waals surface area contributed by atoms with Crippen LogP contribution in [0, 0.1) is 5.92 Å². The van der Waals surface area contributed by atoms with E-state index in [1.165, 1.54) is 0 Å². The van der Waals surface area contributed by atoms with Gasteiger partial charge in [-0.1, -0.05) is 18.2 Å². The molecule has 0 bridgehead atoms. The molecule has 1 amide bonds. The number of amides is 1. The Kier molecular flexibility index (Phi) is 5.83. The third-order valence-electron chi connectivity index (χ3n) is 4.02. The lowest BCUT2D eigenvalue weighted by atomic mass is 10.1. The number of benzene rings is 1. The summed E-state index contributed by atoms with van der Waals surface area (Å²) in [5.41, 5.74) is 1.02. The third-order valence-corrected chi connectivity index (χ3v) is 5.85. The maximum atomic E-state index is 11.8. The molecule has 5 nitrogen and oxygen atoms in total. The average Bonchev–Trinajstić information content (AvgIpc) is 2.84. The molecule has 1 heterocycles. The molecule has 1 unspecified atom stereocenters. The summed E-state index contributed by atoms with van der Waals surface area (Å²) in [6.07, 6.45) is 2.50. The molecule has 1 atom stereocenters. The summed E-state index contributed by atoms with van der Waals surface area (Å²) < 4.78 is 28.0. The van der Waals surface area contributed by atoms with Gasteiger partial charge in [0, 0.05) is 13.0 Å². The first-order chi connectivity index (χ1) is 10.5. The molecule has 6 heteroatoms. The van der Waals surface area contributed by atoms with Crippen molar-refractivity contribution in [2.75, 3.05) is 25.2 Å². The first kappa shape index (κ1) is 16.8. The summed E-state index contributed by atoms with van der Waals surface area (Å²) in [6, 6.07) is 7.66. The van der Waals surface area contributed by atoms with E-state index in [4.69, 9.17) is 4.74 Å². The van der Waals surface area contributed by atoms with Gasteiger partial charge in [-0.3, -0.25) is 4.79 Å². The van der Waals surface area contributed by atoms with Gasteiger partial charge in [-0.25, -0.2) is 8.42 Å². The van der Waals surface area contributed by atoms with Crippen molar-refractivity contribution >= 4 is 15.7 Å². The summed E-state index contributed by atoms with van der Waals surface area (Å²) >= 11 is 0. The van der Waals surface area contributed by atoms with Crippen LogP contribution in [0.3, 0.4) is 0 Å². The topological polar surface area (TPSA) is 72.5 Å². The Morgan fingerprint density at radius 3 is 2.82 bits per heavy atom. The van der Waals surface area contributed by atoms with Gasteiger partial charge in [-0.2, -0.15) is 0 Å². The minimum Gasteiger partial charge on any atom is -0.496 e. The number of hydrogen-bond donors (Lipinski definition) is 1. The Hall–Kier alpha value is -1.56. The molecule has 1 N–H and O–H groups in total. The molecule has 1 saturated heterocycles. The van der Waals surface area contributed by atoms with Crippen molar-refractivity contribution in [1.29, 1.82) is 0 Å². The average molecular weight is 325 g/mol. The van der Waals surface area contributed by atoms with Crippen molar-refractivity contribution in [1.82, 2.24) is 5.32 Å². The van der Waals surface area contributed by atoms with Crippen molar-refractivity contribution in [3.63, 3.8) is 0 Å². The number of nitrogens with one attached hydrogen (secondary N) is 1. The molecule has 0 spiro atoms. The number of aryl methyl sites for hydroxylation is 1. The lowest BCUT2D eigenvalue weighted by molar-refractivity contribution is -0.121. The summed E-state index contributed by atoms with van der Waals surface area (Å²) in [6.45, 7) is 0.547. The standard InChI is InChI=1S/C16H23NO4S/c1-21-15-5-3-2-4-14(15)6-7-16(18)17-10-8-13-9-11-22(19,20)12-13/h2-5,13H,6-12H2,1H3,(H,17,18). The molecule has 22 heavy (non-hydrogen) atoms. The highest BCUT2D eigenvalue weighted by molar-refractivity contribution is 7.91.